The molecule has 1 amide bonds. The molecule has 0 spiro atoms. The molecule has 1 aromatic heterocycles. The van der Waals surface area contributed by atoms with Crippen LogP contribution < -0.4 is 10.9 Å². The number of nitrogens with zero attached hydrogens (tertiary/aromatic N) is 2. The van der Waals surface area contributed by atoms with Gasteiger partial charge >= 0.3 is 0 Å². The van der Waals surface area contributed by atoms with Crippen LogP contribution in [0.25, 0.3) is 10.8 Å². The number of amides is 1. The number of hydrogen-bond donors (Lipinski definition) is 1. The number of carbonyl (C=O) groups excluding carboxylic acids is 1. The molecule has 4 aromatic rings. The first-order valence-electron chi connectivity index (χ1n) is 10.3. The molecule has 0 aliphatic rings. The molecular formula is C25H22FN3O2S. The number of nitrogens with one attached hydrogen (secondary N) is 1. The van der Waals surface area contributed by atoms with Crippen LogP contribution in [0.4, 0.5) is 4.39 Å². The minimum absolute atomic E-state index is 0.218. The minimum Gasteiger partial charge on any atom is -0.350 e. The normalized spacial score (nSPS) is 10.9. The fraction of sp³-hybridized carbons (Fsp3) is 0.160. The number of halogens is 1. The quantitative estimate of drug-likeness (QED) is 0.410. The molecule has 0 radical (unpaired) electrons. The smallest absolute Gasteiger partial charge is 0.274 e. The Bertz CT molecular complexity index is 1290. The molecule has 5 nitrogen and oxygen atoms in total. The van der Waals surface area contributed by atoms with Gasteiger partial charge in [-0.2, -0.15) is 16.9 Å². The summed E-state index contributed by atoms with van der Waals surface area (Å²) in [7, 11) is 0. The molecule has 1 heterocycles. The summed E-state index contributed by atoms with van der Waals surface area (Å²) in [5.74, 6) is 0.600. The van der Waals surface area contributed by atoms with Crippen molar-refractivity contribution in [3.63, 3.8) is 0 Å². The average molecular weight is 448 g/mol. The second-order valence-electron chi connectivity index (χ2n) is 7.24. The first kappa shape index (κ1) is 21.8. The number of fused-ring (bicyclic) bond motifs is 1. The van der Waals surface area contributed by atoms with Gasteiger partial charge in [-0.05, 0) is 23.3 Å². The molecule has 4 rings (SSSR count). The van der Waals surface area contributed by atoms with Gasteiger partial charge in [-0.3, -0.25) is 9.59 Å². The third-order valence-corrected chi connectivity index (χ3v) is 6.01. The fourth-order valence-electron chi connectivity index (χ4n) is 3.38. The van der Waals surface area contributed by atoms with E-state index in [9.17, 15) is 14.0 Å². The van der Waals surface area contributed by atoms with E-state index >= 15 is 0 Å². The summed E-state index contributed by atoms with van der Waals surface area (Å²) in [4.78, 5) is 25.8. The van der Waals surface area contributed by atoms with Crippen LogP contribution in [0.3, 0.4) is 0 Å². The van der Waals surface area contributed by atoms with Gasteiger partial charge in [0.05, 0.1) is 11.9 Å². The lowest BCUT2D eigenvalue weighted by molar-refractivity contribution is 0.0950. The molecule has 0 unspecified atom stereocenters. The summed E-state index contributed by atoms with van der Waals surface area (Å²) in [5, 5.41) is 8.24. The van der Waals surface area contributed by atoms with Crippen molar-refractivity contribution in [1.29, 1.82) is 0 Å². The standard InChI is InChI=1S/C25H22FN3O2S/c26-22-13-7-4-10-19(22)17-32-15-14-27-24(30)23-20-11-5-6-12-21(20)25(31)29(28-23)16-18-8-2-1-3-9-18/h1-13H,14-17H2,(H,27,30). The van der Waals surface area contributed by atoms with Crippen molar-refractivity contribution in [3.05, 3.63) is 112 Å². The van der Waals surface area contributed by atoms with Crippen LogP contribution in [0.15, 0.2) is 83.7 Å². The van der Waals surface area contributed by atoms with Gasteiger partial charge in [0.15, 0.2) is 5.69 Å². The Balaban J connectivity index is 1.47. The zero-order valence-electron chi connectivity index (χ0n) is 17.3. The van der Waals surface area contributed by atoms with E-state index in [-0.39, 0.29) is 29.5 Å². The zero-order valence-corrected chi connectivity index (χ0v) is 18.1. The van der Waals surface area contributed by atoms with Crippen molar-refractivity contribution >= 4 is 28.4 Å². The van der Waals surface area contributed by atoms with Crippen molar-refractivity contribution < 1.29 is 9.18 Å². The molecule has 0 aliphatic carbocycles. The number of aromatic nitrogens is 2. The van der Waals surface area contributed by atoms with E-state index in [0.29, 0.717) is 34.4 Å². The molecule has 32 heavy (non-hydrogen) atoms. The summed E-state index contributed by atoms with van der Waals surface area (Å²) in [6.07, 6.45) is 0. The Morgan fingerprint density at radius 3 is 2.41 bits per heavy atom. The van der Waals surface area contributed by atoms with Crippen LogP contribution in [0.1, 0.15) is 21.6 Å². The number of thioether (sulfide) groups is 1. The molecule has 0 bridgehead atoms. The third-order valence-electron chi connectivity index (χ3n) is 5.01. The monoisotopic (exact) mass is 447 g/mol. The number of rotatable bonds is 8. The van der Waals surface area contributed by atoms with Crippen LogP contribution in [0.5, 0.6) is 0 Å². The van der Waals surface area contributed by atoms with E-state index in [1.807, 2.05) is 36.4 Å². The molecule has 7 heteroatoms. The molecule has 3 aromatic carbocycles. The van der Waals surface area contributed by atoms with Crippen molar-refractivity contribution in [2.24, 2.45) is 0 Å². The molecule has 162 valence electrons. The second kappa shape index (κ2) is 10.2. The van der Waals surface area contributed by atoms with Gasteiger partial charge < -0.3 is 5.32 Å². The van der Waals surface area contributed by atoms with Gasteiger partial charge in [0.1, 0.15) is 5.82 Å². The minimum atomic E-state index is -0.338. The SMILES string of the molecule is O=C(NCCSCc1ccccc1F)c1nn(Cc2ccccc2)c(=O)c2ccccc12. The number of carbonyl (C=O) groups is 1. The first-order valence-corrected chi connectivity index (χ1v) is 11.4. The average Bonchev–Trinajstić information content (AvgIpc) is 2.82. The van der Waals surface area contributed by atoms with Crippen LogP contribution >= 0.6 is 11.8 Å². The van der Waals surface area contributed by atoms with Crippen molar-refractivity contribution in [1.82, 2.24) is 15.1 Å². The third kappa shape index (κ3) is 5.06. The first-order chi connectivity index (χ1) is 15.6. The molecule has 0 fully saturated rings. The van der Waals surface area contributed by atoms with E-state index in [1.54, 1.807) is 36.4 Å². The lowest BCUT2D eigenvalue weighted by atomic mass is 10.1. The van der Waals surface area contributed by atoms with Gasteiger partial charge in [0.25, 0.3) is 11.5 Å². The van der Waals surface area contributed by atoms with Gasteiger partial charge in [0, 0.05) is 23.4 Å². The molecular weight excluding hydrogens is 425 g/mol. The van der Waals surface area contributed by atoms with Crippen LogP contribution in [-0.2, 0) is 12.3 Å². The van der Waals surface area contributed by atoms with Crippen LogP contribution in [-0.4, -0.2) is 28.0 Å². The Morgan fingerprint density at radius 2 is 1.62 bits per heavy atom. The van der Waals surface area contributed by atoms with Crippen LogP contribution in [0, 0.1) is 5.82 Å². The number of benzene rings is 3. The van der Waals surface area contributed by atoms with E-state index in [1.165, 1.54) is 22.5 Å². The summed E-state index contributed by atoms with van der Waals surface area (Å²) in [6, 6.07) is 23.2. The Kier molecular flexibility index (Phi) is 6.97. The Morgan fingerprint density at radius 1 is 0.938 bits per heavy atom. The fourth-order valence-corrected chi connectivity index (χ4v) is 4.23. The highest BCUT2D eigenvalue weighted by atomic mass is 32.2. The van der Waals surface area contributed by atoms with Crippen molar-refractivity contribution in [2.75, 3.05) is 12.3 Å². The molecule has 0 atom stereocenters. The highest BCUT2D eigenvalue weighted by molar-refractivity contribution is 7.98. The lowest BCUT2D eigenvalue weighted by Crippen LogP contribution is -2.32. The predicted molar refractivity (Wildman–Crippen MR) is 126 cm³/mol. The molecule has 1 N–H and O–H groups in total. The summed E-state index contributed by atoms with van der Waals surface area (Å²) < 4.78 is 15.0. The van der Waals surface area contributed by atoms with E-state index in [4.69, 9.17) is 0 Å². The van der Waals surface area contributed by atoms with E-state index in [0.717, 1.165) is 5.56 Å². The van der Waals surface area contributed by atoms with Crippen LogP contribution in [0.2, 0.25) is 0 Å². The van der Waals surface area contributed by atoms with Gasteiger partial charge in [-0.1, -0.05) is 66.7 Å². The van der Waals surface area contributed by atoms with Gasteiger partial charge in [0.2, 0.25) is 0 Å². The lowest BCUT2D eigenvalue weighted by Gasteiger charge is -2.11. The topological polar surface area (TPSA) is 64.0 Å². The van der Waals surface area contributed by atoms with Gasteiger partial charge in [-0.25, -0.2) is 9.07 Å². The maximum atomic E-state index is 13.7. The molecule has 0 aliphatic heterocycles. The highest BCUT2D eigenvalue weighted by Gasteiger charge is 2.16. The zero-order chi connectivity index (χ0) is 22.3. The van der Waals surface area contributed by atoms with Crippen molar-refractivity contribution in [2.45, 2.75) is 12.3 Å². The van der Waals surface area contributed by atoms with Crippen molar-refractivity contribution in [3.8, 4) is 0 Å². The summed E-state index contributed by atoms with van der Waals surface area (Å²) in [6.45, 7) is 0.690. The Labute approximate surface area is 189 Å². The predicted octanol–water partition coefficient (Wildman–Crippen LogP) is 4.25. The molecule has 0 saturated heterocycles. The number of hydrogen-bond acceptors (Lipinski definition) is 4. The maximum absolute atomic E-state index is 13.7. The van der Waals surface area contributed by atoms with Gasteiger partial charge in [-0.15, -0.1) is 0 Å². The summed E-state index contributed by atoms with van der Waals surface area (Å²) >= 11 is 1.54. The Hall–Kier alpha value is -3.45. The summed E-state index contributed by atoms with van der Waals surface area (Å²) in [5.41, 5.74) is 1.55. The highest BCUT2D eigenvalue weighted by Crippen LogP contribution is 2.16. The second-order valence-corrected chi connectivity index (χ2v) is 8.35. The van der Waals surface area contributed by atoms with E-state index in [2.05, 4.69) is 10.4 Å². The van der Waals surface area contributed by atoms with E-state index < -0.39 is 0 Å². The molecule has 0 saturated carbocycles. The largest absolute Gasteiger partial charge is 0.350 e. The maximum Gasteiger partial charge on any atom is 0.274 e.